The topological polar surface area (TPSA) is 83.4 Å². The van der Waals surface area contributed by atoms with Crippen molar-refractivity contribution in [1.82, 2.24) is 10.6 Å². The molecule has 3 amide bonds. The summed E-state index contributed by atoms with van der Waals surface area (Å²) in [5, 5.41) is 8.65. The van der Waals surface area contributed by atoms with E-state index in [2.05, 4.69) is 16.0 Å². The Balaban J connectivity index is 1.43. The minimum atomic E-state index is -0.158. The van der Waals surface area contributed by atoms with Gasteiger partial charge < -0.3 is 20.4 Å². The molecule has 1 unspecified atom stereocenters. The lowest BCUT2D eigenvalue weighted by Crippen LogP contribution is -2.39. The van der Waals surface area contributed by atoms with E-state index >= 15 is 0 Å². The van der Waals surface area contributed by atoms with E-state index in [0.717, 1.165) is 48.3 Å². The summed E-state index contributed by atoms with van der Waals surface area (Å²) in [5.74, 6) is 0.894. The fourth-order valence-electron chi connectivity index (χ4n) is 3.12. The summed E-state index contributed by atoms with van der Waals surface area (Å²) in [6.45, 7) is 2.03. The number of furan rings is 1. The lowest BCUT2D eigenvalue weighted by atomic mass is 9.93. The number of fused-ring (bicyclic) bond motifs is 1. The van der Waals surface area contributed by atoms with Crippen molar-refractivity contribution in [2.45, 2.75) is 38.6 Å². The van der Waals surface area contributed by atoms with Crippen molar-refractivity contribution in [2.75, 3.05) is 11.9 Å². The van der Waals surface area contributed by atoms with Crippen LogP contribution >= 0.6 is 0 Å². The second-order valence-electron chi connectivity index (χ2n) is 6.27. The normalized spacial score (nSPS) is 16.0. The molecule has 6 nitrogen and oxygen atoms in total. The predicted molar refractivity (Wildman–Crippen MR) is 95.4 cm³/mol. The van der Waals surface area contributed by atoms with E-state index in [4.69, 9.17) is 4.42 Å². The van der Waals surface area contributed by atoms with Gasteiger partial charge in [-0.3, -0.25) is 4.79 Å². The number of carbonyl (C=O) groups excluding carboxylic acids is 2. The molecule has 1 heterocycles. The van der Waals surface area contributed by atoms with Crippen molar-refractivity contribution >= 4 is 17.6 Å². The highest BCUT2D eigenvalue weighted by atomic mass is 16.3. The van der Waals surface area contributed by atoms with Crippen LogP contribution in [0.1, 0.15) is 42.7 Å². The molecule has 0 spiro atoms. The van der Waals surface area contributed by atoms with Crippen molar-refractivity contribution < 1.29 is 14.0 Å². The molecule has 1 aromatic heterocycles. The smallest absolute Gasteiger partial charge is 0.315 e. The van der Waals surface area contributed by atoms with E-state index in [1.807, 2.05) is 30.3 Å². The Bertz CT molecular complexity index is 737. The first-order valence-electron chi connectivity index (χ1n) is 8.59. The van der Waals surface area contributed by atoms with Crippen molar-refractivity contribution in [1.29, 1.82) is 0 Å². The van der Waals surface area contributed by atoms with Crippen LogP contribution in [0.25, 0.3) is 0 Å². The summed E-state index contributed by atoms with van der Waals surface area (Å²) < 4.78 is 5.44. The SMILES string of the molecule is CC(=O)Nc1ccc(CCNC(=O)NC2CCCc3occc32)cc1. The number of benzene rings is 1. The van der Waals surface area contributed by atoms with Crippen LogP contribution in [0.3, 0.4) is 0 Å². The van der Waals surface area contributed by atoms with Gasteiger partial charge in [0.05, 0.1) is 12.3 Å². The number of anilines is 1. The van der Waals surface area contributed by atoms with Crippen LogP contribution in [0.15, 0.2) is 41.0 Å². The molecular weight excluding hydrogens is 318 g/mol. The highest BCUT2D eigenvalue weighted by molar-refractivity contribution is 5.88. The summed E-state index contributed by atoms with van der Waals surface area (Å²) in [6, 6.07) is 9.43. The molecule has 0 bridgehead atoms. The van der Waals surface area contributed by atoms with Crippen molar-refractivity contribution in [3.63, 3.8) is 0 Å². The van der Waals surface area contributed by atoms with Gasteiger partial charge in [-0.1, -0.05) is 12.1 Å². The molecule has 1 aliphatic carbocycles. The van der Waals surface area contributed by atoms with Gasteiger partial charge >= 0.3 is 6.03 Å². The molecule has 1 aliphatic rings. The van der Waals surface area contributed by atoms with Crippen molar-refractivity contribution in [3.8, 4) is 0 Å². The van der Waals surface area contributed by atoms with Gasteiger partial charge in [-0.2, -0.15) is 0 Å². The second-order valence-corrected chi connectivity index (χ2v) is 6.27. The molecule has 1 aromatic carbocycles. The van der Waals surface area contributed by atoms with E-state index < -0.39 is 0 Å². The Hall–Kier alpha value is -2.76. The van der Waals surface area contributed by atoms with E-state index in [0.29, 0.717) is 6.54 Å². The average molecular weight is 341 g/mol. The highest BCUT2D eigenvalue weighted by Gasteiger charge is 2.23. The Labute approximate surface area is 147 Å². The molecule has 132 valence electrons. The molecule has 0 saturated heterocycles. The van der Waals surface area contributed by atoms with Crippen LogP contribution in [0.2, 0.25) is 0 Å². The van der Waals surface area contributed by atoms with Crippen molar-refractivity contribution in [3.05, 3.63) is 53.5 Å². The maximum absolute atomic E-state index is 12.1. The van der Waals surface area contributed by atoms with Crippen LogP contribution in [-0.4, -0.2) is 18.5 Å². The minimum Gasteiger partial charge on any atom is -0.469 e. The first-order chi connectivity index (χ1) is 12.1. The third-order valence-electron chi connectivity index (χ3n) is 4.33. The molecule has 0 fully saturated rings. The third kappa shape index (κ3) is 4.62. The summed E-state index contributed by atoms with van der Waals surface area (Å²) in [7, 11) is 0. The van der Waals surface area contributed by atoms with Gasteiger partial charge in [-0.25, -0.2) is 4.79 Å². The number of carbonyl (C=O) groups is 2. The Morgan fingerprint density at radius 3 is 2.76 bits per heavy atom. The van der Waals surface area contributed by atoms with Crippen LogP contribution in [0.4, 0.5) is 10.5 Å². The quantitative estimate of drug-likeness (QED) is 0.781. The van der Waals surface area contributed by atoms with E-state index in [9.17, 15) is 9.59 Å². The van der Waals surface area contributed by atoms with Crippen LogP contribution in [0.5, 0.6) is 0 Å². The zero-order chi connectivity index (χ0) is 17.6. The van der Waals surface area contributed by atoms with Gasteiger partial charge in [0.1, 0.15) is 5.76 Å². The monoisotopic (exact) mass is 341 g/mol. The molecule has 2 aromatic rings. The van der Waals surface area contributed by atoms with E-state index in [1.165, 1.54) is 6.92 Å². The van der Waals surface area contributed by atoms with Gasteiger partial charge in [0.25, 0.3) is 0 Å². The number of aryl methyl sites for hydroxylation is 1. The summed E-state index contributed by atoms with van der Waals surface area (Å²) in [4.78, 5) is 23.1. The molecule has 0 saturated carbocycles. The number of hydrogen-bond donors (Lipinski definition) is 3. The first-order valence-corrected chi connectivity index (χ1v) is 8.59. The molecule has 3 N–H and O–H groups in total. The van der Waals surface area contributed by atoms with Crippen LogP contribution in [-0.2, 0) is 17.6 Å². The summed E-state index contributed by atoms with van der Waals surface area (Å²) in [5.41, 5.74) is 2.97. The number of amides is 3. The summed E-state index contributed by atoms with van der Waals surface area (Å²) >= 11 is 0. The standard InChI is InChI=1S/C19H23N3O3/c1-13(23)21-15-7-5-14(6-8-15)9-11-20-19(24)22-17-3-2-4-18-16(17)10-12-25-18/h5-8,10,12,17H,2-4,9,11H2,1H3,(H,21,23)(H2,20,22,24). The molecule has 0 radical (unpaired) electrons. The lowest BCUT2D eigenvalue weighted by molar-refractivity contribution is -0.114. The molecule has 3 rings (SSSR count). The van der Waals surface area contributed by atoms with Crippen LogP contribution in [0, 0.1) is 0 Å². The Morgan fingerprint density at radius 2 is 2.00 bits per heavy atom. The van der Waals surface area contributed by atoms with E-state index in [-0.39, 0.29) is 18.0 Å². The van der Waals surface area contributed by atoms with Gasteiger partial charge in [0.2, 0.25) is 5.91 Å². The largest absolute Gasteiger partial charge is 0.469 e. The third-order valence-corrected chi connectivity index (χ3v) is 4.33. The van der Waals surface area contributed by atoms with Crippen molar-refractivity contribution in [2.24, 2.45) is 0 Å². The van der Waals surface area contributed by atoms with Gasteiger partial charge in [-0.05, 0) is 43.0 Å². The maximum atomic E-state index is 12.1. The first kappa shape index (κ1) is 17.1. The lowest BCUT2D eigenvalue weighted by Gasteiger charge is -2.22. The number of hydrogen-bond acceptors (Lipinski definition) is 3. The zero-order valence-electron chi connectivity index (χ0n) is 14.3. The van der Waals surface area contributed by atoms with Gasteiger partial charge in [0, 0.05) is 31.1 Å². The Morgan fingerprint density at radius 1 is 1.20 bits per heavy atom. The average Bonchev–Trinajstić information content (AvgIpc) is 3.06. The number of urea groups is 1. The highest BCUT2D eigenvalue weighted by Crippen LogP contribution is 2.30. The second kappa shape index (κ2) is 7.88. The summed E-state index contributed by atoms with van der Waals surface area (Å²) in [6.07, 6.45) is 5.32. The molecule has 0 aliphatic heterocycles. The molecule has 1 atom stereocenters. The number of rotatable bonds is 5. The zero-order valence-corrected chi connectivity index (χ0v) is 14.3. The molecular formula is C19H23N3O3. The van der Waals surface area contributed by atoms with Gasteiger partial charge in [-0.15, -0.1) is 0 Å². The fraction of sp³-hybridized carbons (Fsp3) is 0.368. The number of nitrogens with one attached hydrogen (secondary N) is 3. The molecule has 25 heavy (non-hydrogen) atoms. The maximum Gasteiger partial charge on any atom is 0.315 e. The Kier molecular flexibility index (Phi) is 5.38. The fourth-order valence-corrected chi connectivity index (χ4v) is 3.12. The van der Waals surface area contributed by atoms with Gasteiger partial charge in [0.15, 0.2) is 0 Å². The van der Waals surface area contributed by atoms with E-state index in [1.54, 1.807) is 6.26 Å². The van der Waals surface area contributed by atoms with Crippen LogP contribution < -0.4 is 16.0 Å². The molecule has 6 heteroatoms. The minimum absolute atomic E-state index is 0.0273. The predicted octanol–water partition coefficient (Wildman–Crippen LogP) is 3.16.